The highest BCUT2D eigenvalue weighted by Crippen LogP contribution is 2.41. The van der Waals surface area contributed by atoms with E-state index in [2.05, 4.69) is 47.5 Å². The summed E-state index contributed by atoms with van der Waals surface area (Å²) in [6, 6.07) is 10.9. The smallest absolute Gasteiger partial charge is 0.219 e. The van der Waals surface area contributed by atoms with Crippen molar-refractivity contribution in [2.75, 3.05) is 39.3 Å². The molecular formula is C21H33IN4O. The van der Waals surface area contributed by atoms with Crippen LogP contribution >= 0.6 is 24.0 Å². The fourth-order valence-corrected chi connectivity index (χ4v) is 4.27. The maximum absolute atomic E-state index is 11.6. The predicted molar refractivity (Wildman–Crippen MR) is 122 cm³/mol. The van der Waals surface area contributed by atoms with E-state index in [0.717, 1.165) is 45.2 Å². The van der Waals surface area contributed by atoms with Gasteiger partial charge in [0.05, 0.1) is 6.54 Å². The molecule has 1 heterocycles. The Labute approximate surface area is 180 Å². The molecule has 2 fully saturated rings. The van der Waals surface area contributed by atoms with Crippen LogP contribution in [-0.4, -0.2) is 60.9 Å². The first-order chi connectivity index (χ1) is 12.6. The maximum Gasteiger partial charge on any atom is 0.219 e. The minimum Gasteiger partial charge on any atom is -0.357 e. The topological polar surface area (TPSA) is 47.9 Å². The number of amides is 1. The minimum absolute atomic E-state index is 0. The summed E-state index contributed by atoms with van der Waals surface area (Å²) in [5.74, 6) is 1.17. The van der Waals surface area contributed by atoms with Crippen molar-refractivity contribution in [2.45, 2.75) is 44.9 Å². The number of hydrogen-bond donors (Lipinski definition) is 1. The molecule has 0 atom stereocenters. The molecule has 1 aliphatic carbocycles. The van der Waals surface area contributed by atoms with Gasteiger partial charge in [0.25, 0.3) is 0 Å². The molecule has 1 aliphatic heterocycles. The van der Waals surface area contributed by atoms with Crippen LogP contribution in [0.2, 0.25) is 0 Å². The third-order valence-electron chi connectivity index (χ3n) is 5.84. The third kappa shape index (κ3) is 5.36. The van der Waals surface area contributed by atoms with Crippen molar-refractivity contribution in [3.05, 3.63) is 35.9 Å². The van der Waals surface area contributed by atoms with E-state index in [1.807, 2.05) is 4.90 Å². The Morgan fingerprint density at radius 1 is 1.07 bits per heavy atom. The number of benzene rings is 1. The zero-order chi connectivity index (χ0) is 18.4. The average Bonchev–Trinajstić information content (AvgIpc) is 3.16. The molecule has 0 spiro atoms. The van der Waals surface area contributed by atoms with E-state index in [1.165, 1.54) is 31.2 Å². The summed E-state index contributed by atoms with van der Waals surface area (Å²) in [7, 11) is 0. The van der Waals surface area contributed by atoms with Gasteiger partial charge in [-0.1, -0.05) is 43.2 Å². The number of carbonyl (C=O) groups excluding carboxylic acids is 1. The number of hydrogen-bond acceptors (Lipinski definition) is 2. The summed E-state index contributed by atoms with van der Waals surface area (Å²) in [4.78, 5) is 20.8. The summed E-state index contributed by atoms with van der Waals surface area (Å²) in [5.41, 5.74) is 1.61. The number of piperazine rings is 1. The standard InChI is InChI=1S/C21H32N4O.HI/c1-3-22-20(25-15-13-24(14-16-25)18(2)26)23-17-21(11-7-8-12-21)19-9-5-4-6-10-19;/h4-6,9-10H,3,7-8,11-17H2,1-2H3,(H,22,23);1H. The molecular weight excluding hydrogens is 451 g/mol. The van der Waals surface area contributed by atoms with Gasteiger partial charge in [-0.15, -0.1) is 24.0 Å². The molecule has 150 valence electrons. The van der Waals surface area contributed by atoms with Gasteiger partial charge in [0, 0.05) is 45.1 Å². The van der Waals surface area contributed by atoms with E-state index in [9.17, 15) is 4.79 Å². The maximum atomic E-state index is 11.6. The third-order valence-corrected chi connectivity index (χ3v) is 5.84. The second-order valence-corrected chi connectivity index (χ2v) is 7.52. The van der Waals surface area contributed by atoms with Gasteiger partial charge >= 0.3 is 0 Å². The van der Waals surface area contributed by atoms with Crippen LogP contribution in [-0.2, 0) is 10.2 Å². The molecule has 1 N–H and O–H groups in total. The molecule has 1 aromatic rings. The lowest BCUT2D eigenvalue weighted by atomic mass is 9.79. The number of carbonyl (C=O) groups is 1. The Hall–Kier alpha value is -1.31. The normalized spacial score (nSPS) is 19.6. The zero-order valence-electron chi connectivity index (χ0n) is 16.6. The molecule has 3 rings (SSSR count). The second-order valence-electron chi connectivity index (χ2n) is 7.52. The summed E-state index contributed by atoms with van der Waals surface area (Å²) >= 11 is 0. The monoisotopic (exact) mass is 484 g/mol. The number of guanidine groups is 1. The van der Waals surface area contributed by atoms with Crippen LogP contribution in [0.3, 0.4) is 0 Å². The predicted octanol–water partition coefficient (Wildman–Crippen LogP) is 3.25. The van der Waals surface area contributed by atoms with Crippen molar-refractivity contribution in [2.24, 2.45) is 4.99 Å². The van der Waals surface area contributed by atoms with Crippen LogP contribution in [0.4, 0.5) is 0 Å². The van der Waals surface area contributed by atoms with E-state index in [-0.39, 0.29) is 35.3 Å². The Morgan fingerprint density at radius 3 is 2.22 bits per heavy atom. The highest BCUT2D eigenvalue weighted by atomic mass is 127. The number of nitrogens with zero attached hydrogens (tertiary/aromatic N) is 3. The SMILES string of the molecule is CCNC(=NCC1(c2ccccc2)CCCC1)N1CCN(C(C)=O)CC1.I. The van der Waals surface area contributed by atoms with Crippen LogP contribution in [0, 0.1) is 0 Å². The molecule has 1 amide bonds. The quantitative estimate of drug-likeness (QED) is 0.406. The van der Waals surface area contributed by atoms with Gasteiger partial charge in [0.15, 0.2) is 5.96 Å². The number of aliphatic imine (C=N–C) groups is 1. The molecule has 1 aromatic carbocycles. The molecule has 1 saturated carbocycles. The summed E-state index contributed by atoms with van der Waals surface area (Å²) in [5, 5.41) is 3.46. The lowest BCUT2D eigenvalue weighted by molar-refractivity contribution is -0.130. The number of nitrogens with one attached hydrogen (secondary N) is 1. The molecule has 6 heteroatoms. The summed E-state index contributed by atoms with van der Waals surface area (Å²) in [6.07, 6.45) is 5.02. The lowest BCUT2D eigenvalue weighted by Gasteiger charge is -2.36. The average molecular weight is 484 g/mol. The minimum atomic E-state index is 0. The van der Waals surface area contributed by atoms with Gasteiger partial charge in [-0.2, -0.15) is 0 Å². The highest BCUT2D eigenvalue weighted by Gasteiger charge is 2.35. The van der Waals surface area contributed by atoms with Gasteiger partial charge in [-0.25, -0.2) is 0 Å². The summed E-state index contributed by atoms with van der Waals surface area (Å²) in [6.45, 7) is 8.74. The first kappa shape index (κ1) is 22.0. The Balaban J connectivity index is 0.00000261. The van der Waals surface area contributed by atoms with Gasteiger partial charge in [0.1, 0.15) is 0 Å². The van der Waals surface area contributed by atoms with Gasteiger partial charge in [-0.3, -0.25) is 9.79 Å². The Kier molecular flexibility index (Phi) is 8.38. The molecule has 1 saturated heterocycles. The molecule has 0 bridgehead atoms. The number of rotatable bonds is 4. The second kappa shape index (κ2) is 10.3. The van der Waals surface area contributed by atoms with Crippen molar-refractivity contribution >= 4 is 35.8 Å². The first-order valence-corrected chi connectivity index (χ1v) is 9.99. The molecule has 0 unspecified atom stereocenters. The Morgan fingerprint density at radius 2 is 1.67 bits per heavy atom. The molecule has 27 heavy (non-hydrogen) atoms. The first-order valence-electron chi connectivity index (χ1n) is 9.99. The van der Waals surface area contributed by atoms with Crippen molar-refractivity contribution in [1.29, 1.82) is 0 Å². The van der Waals surface area contributed by atoms with Crippen molar-refractivity contribution in [3.8, 4) is 0 Å². The van der Waals surface area contributed by atoms with Gasteiger partial charge in [-0.05, 0) is 25.3 Å². The van der Waals surface area contributed by atoms with E-state index in [4.69, 9.17) is 4.99 Å². The van der Waals surface area contributed by atoms with Crippen molar-refractivity contribution in [3.63, 3.8) is 0 Å². The van der Waals surface area contributed by atoms with Crippen LogP contribution in [0.1, 0.15) is 45.1 Å². The Bertz CT molecular complexity index is 620. The highest BCUT2D eigenvalue weighted by molar-refractivity contribution is 14.0. The van der Waals surface area contributed by atoms with Crippen molar-refractivity contribution < 1.29 is 4.79 Å². The summed E-state index contributed by atoms with van der Waals surface area (Å²) < 4.78 is 0. The fourth-order valence-electron chi connectivity index (χ4n) is 4.27. The van der Waals surface area contributed by atoms with Crippen LogP contribution in [0.5, 0.6) is 0 Å². The lowest BCUT2D eigenvalue weighted by Crippen LogP contribution is -2.53. The van der Waals surface area contributed by atoms with Crippen LogP contribution < -0.4 is 5.32 Å². The molecule has 2 aliphatic rings. The van der Waals surface area contributed by atoms with E-state index < -0.39 is 0 Å². The van der Waals surface area contributed by atoms with Crippen molar-refractivity contribution in [1.82, 2.24) is 15.1 Å². The van der Waals surface area contributed by atoms with Crippen LogP contribution in [0.15, 0.2) is 35.3 Å². The molecule has 5 nitrogen and oxygen atoms in total. The molecule has 0 radical (unpaired) electrons. The largest absolute Gasteiger partial charge is 0.357 e. The van der Waals surface area contributed by atoms with E-state index in [0.29, 0.717) is 0 Å². The number of halogens is 1. The fraction of sp³-hybridized carbons (Fsp3) is 0.619. The zero-order valence-corrected chi connectivity index (χ0v) is 18.9. The van der Waals surface area contributed by atoms with E-state index in [1.54, 1.807) is 6.92 Å². The van der Waals surface area contributed by atoms with Crippen LogP contribution in [0.25, 0.3) is 0 Å². The molecule has 0 aromatic heterocycles. The van der Waals surface area contributed by atoms with E-state index >= 15 is 0 Å². The van der Waals surface area contributed by atoms with Gasteiger partial charge < -0.3 is 15.1 Å². The van der Waals surface area contributed by atoms with Gasteiger partial charge in [0.2, 0.25) is 5.91 Å².